The Kier molecular flexibility index (Phi) is 3.33. The second kappa shape index (κ2) is 4.91. The lowest BCUT2D eigenvalue weighted by Crippen LogP contribution is -2.11. The van der Waals surface area contributed by atoms with E-state index in [1.165, 1.54) is 12.5 Å². The van der Waals surface area contributed by atoms with Crippen LogP contribution in [0.25, 0.3) is 0 Å². The van der Waals surface area contributed by atoms with Crippen LogP contribution in [0.5, 0.6) is 0 Å². The highest BCUT2D eigenvalue weighted by atomic mass is 19.1. The maximum Gasteiger partial charge on any atom is 0.145 e. The summed E-state index contributed by atoms with van der Waals surface area (Å²) in [7, 11) is 0. The second-order valence-corrected chi connectivity index (χ2v) is 3.71. The lowest BCUT2D eigenvalue weighted by atomic mass is 9.87. The van der Waals surface area contributed by atoms with Crippen molar-refractivity contribution in [1.82, 2.24) is 0 Å². The molecular weight excluding hydrogens is 193 g/mol. The summed E-state index contributed by atoms with van der Waals surface area (Å²) in [5.41, 5.74) is 0.525. The van der Waals surface area contributed by atoms with Crippen molar-refractivity contribution in [3.8, 4) is 0 Å². The van der Waals surface area contributed by atoms with Gasteiger partial charge in [-0.25, -0.2) is 4.39 Å². The molecule has 0 bridgehead atoms. The Morgan fingerprint density at radius 1 is 1.40 bits per heavy atom. The molecule has 1 aromatic carbocycles. The van der Waals surface area contributed by atoms with E-state index >= 15 is 0 Å². The molecule has 0 amide bonds. The molecule has 1 radical (unpaired) electrons. The van der Waals surface area contributed by atoms with E-state index in [2.05, 4.69) is 11.4 Å². The number of benzene rings is 1. The van der Waals surface area contributed by atoms with Crippen LogP contribution in [0.15, 0.2) is 29.4 Å². The predicted molar refractivity (Wildman–Crippen MR) is 56.0 cm³/mol. The smallest absolute Gasteiger partial charge is 0.145 e. The van der Waals surface area contributed by atoms with Gasteiger partial charge in [0, 0.05) is 11.5 Å². The van der Waals surface area contributed by atoms with E-state index < -0.39 is 0 Å². The molecule has 0 saturated heterocycles. The van der Waals surface area contributed by atoms with E-state index in [0.717, 1.165) is 12.8 Å². The van der Waals surface area contributed by atoms with Gasteiger partial charge in [0.05, 0.1) is 0 Å². The Hall–Kier alpha value is -1.38. The Bertz CT molecular complexity index is 347. The van der Waals surface area contributed by atoms with Crippen LogP contribution < -0.4 is 0 Å². The number of halogens is 1. The second-order valence-electron chi connectivity index (χ2n) is 3.71. The zero-order valence-electron chi connectivity index (χ0n) is 8.45. The first-order valence-corrected chi connectivity index (χ1v) is 5.17. The highest BCUT2D eigenvalue weighted by molar-refractivity contribution is 5.60. The van der Waals surface area contributed by atoms with Gasteiger partial charge in [-0.1, -0.05) is 29.8 Å². The fourth-order valence-corrected chi connectivity index (χ4v) is 1.37. The Morgan fingerprint density at radius 3 is 2.87 bits per heavy atom. The molecule has 0 aliphatic heterocycles. The van der Waals surface area contributed by atoms with Gasteiger partial charge in [0.25, 0.3) is 0 Å². The molecule has 3 heteroatoms. The maximum atomic E-state index is 13.1. The van der Waals surface area contributed by atoms with Crippen molar-refractivity contribution in [3.63, 3.8) is 0 Å². The topological polar surface area (TPSA) is 21.6 Å². The van der Waals surface area contributed by atoms with Crippen LogP contribution in [0.1, 0.15) is 24.8 Å². The summed E-state index contributed by atoms with van der Waals surface area (Å²) in [4.78, 5) is 4.98. The molecule has 0 N–H and O–H groups in total. The molecule has 1 aliphatic rings. The van der Waals surface area contributed by atoms with Crippen molar-refractivity contribution in [2.24, 2.45) is 11.1 Å². The van der Waals surface area contributed by atoms with Gasteiger partial charge in [0.2, 0.25) is 0 Å². The molecular formula is C12H13FNO. The summed E-state index contributed by atoms with van der Waals surface area (Å²) in [5, 5.41) is 3.71. The number of hydrogen-bond donors (Lipinski definition) is 0. The molecule has 1 aromatic rings. The first-order chi connectivity index (χ1) is 7.36. The third-order valence-corrected chi connectivity index (χ3v) is 2.58. The minimum absolute atomic E-state index is 0.173. The standard InChI is InChI=1S/C12H13FNO/c13-12-7-2-1-6-11(12)9-15-14-8-10-4-3-5-10/h1-2,6-7,10H,3-5,9H2. The summed E-state index contributed by atoms with van der Waals surface area (Å²) >= 11 is 0. The lowest BCUT2D eigenvalue weighted by molar-refractivity contribution is 0.127. The van der Waals surface area contributed by atoms with Gasteiger partial charge in [0.15, 0.2) is 0 Å². The summed E-state index contributed by atoms with van der Waals surface area (Å²) in [6.07, 6.45) is 6.43. The zero-order valence-corrected chi connectivity index (χ0v) is 8.45. The van der Waals surface area contributed by atoms with Gasteiger partial charge < -0.3 is 4.84 Å². The number of hydrogen-bond acceptors (Lipinski definition) is 2. The van der Waals surface area contributed by atoms with Gasteiger partial charge in [-0.2, -0.15) is 0 Å². The third-order valence-electron chi connectivity index (χ3n) is 2.58. The van der Waals surface area contributed by atoms with Crippen molar-refractivity contribution in [3.05, 3.63) is 35.6 Å². The molecule has 0 heterocycles. The Morgan fingerprint density at radius 2 is 2.20 bits per heavy atom. The van der Waals surface area contributed by atoms with Crippen LogP contribution >= 0.6 is 0 Å². The van der Waals surface area contributed by atoms with E-state index in [4.69, 9.17) is 4.84 Å². The minimum atomic E-state index is -0.253. The Balaban J connectivity index is 1.77. The monoisotopic (exact) mass is 206 g/mol. The van der Waals surface area contributed by atoms with Crippen molar-refractivity contribution < 1.29 is 9.23 Å². The molecule has 0 unspecified atom stereocenters. The molecule has 1 aliphatic carbocycles. The van der Waals surface area contributed by atoms with Crippen LogP contribution in [0.2, 0.25) is 0 Å². The van der Waals surface area contributed by atoms with Gasteiger partial charge in [-0.05, 0) is 18.9 Å². The molecule has 1 fully saturated rings. The highest BCUT2D eigenvalue weighted by Gasteiger charge is 2.15. The van der Waals surface area contributed by atoms with Crippen LogP contribution in [0.3, 0.4) is 0 Å². The average molecular weight is 206 g/mol. The fourth-order valence-electron chi connectivity index (χ4n) is 1.37. The van der Waals surface area contributed by atoms with Gasteiger partial charge in [-0.15, -0.1) is 0 Å². The van der Waals surface area contributed by atoms with E-state index in [1.807, 2.05) is 0 Å². The van der Waals surface area contributed by atoms with Crippen molar-refractivity contribution in [2.75, 3.05) is 0 Å². The molecule has 0 spiro atoms. The molecule has 15 heavy (non-hydrogen) atoms. The molecule has 2 nitrogen and oxygen atoms in total. The summed E-state index contributed by atoms with van der Waals surface area (Å²) in [6.45, 7) is 0.173. The summed E-state index contributed by atoms with van der Waals surface area (Å²) < 4.78 is 13.1. The van der Waals surface area contributed by atoms with Crippen molar-refractivity contribution in [2.45, 2.75) is 25.9 Å². The first kappa shape index (κ1) is 10.1. The van der Waals surface area contributed by atoms with E-state index in [-0.39, 0.29) is 12.4 Å². The summed E-state index contributed by atoms with van der Waals surface area (Å²) in [6, 6.07) is 6.54. The number of rotatable bonds is 4. The van der Waals surface area contributed by atoms with Crippen LogP contribution in [-0.2, 0) is 11.4 Å². The first-order valence-electron chi connectivity index (χ1n) is 5.17. The molecule has 0 aromatic heterocycles. The fraction of sp³-hybridized carbons (Fsp3) is 0.417. The average Bonchev–Trinajstić information content (AvgIpc) is 2.17. The molecule has 0 atom stereocenters. The molecule has 2 rings (SSSR count). The van der Waals surface area contributed by atoms with Crippen LogP contribution in [0, 0.1) is 11.7 Å². The van der Waals surface area contributed by atoms with Gasteiger partial charge in [0.1, 0.15) is 18.6 Å². The molecule has 1 saturated carbocycles. The van der Waals surface area contributed by atoms with E-state index in [1.54, 1.807) is 18.2 Å². The summed E-state index contributed by atoms with van der Waals surface area (Å²) in [5.74, 6) is 0.196. The quantitative estimate of drug-likeness (QED) is 0.548. The molecule has 79 valence electrons. The number of nitrogens with zero attached hydrogens (tertiary/aromatic N) is 1. The predicted octanol–water partition coefficient (Wildman–Crippen LogP) is 3.01. The normalized spacial score (nSPS) is 16.6. The highest BCUT2D eigenvalue weighted by Crippen LogP contribution is 2.24. The third kappa shape index (κ3) is 2.78. The largest absolute Gasteiger partial charge is 0.391 e. The SMILES string of the molecule is Fc1ccccc1CO/N=[C]\C1CCC1. The van der Waals surface area contributed by atoms with Crippen LogP contribution in [-0.4, -0.2) is 6.21 Å². The maximum absolute atomic E-state index is 13.1. The lowest BCUT2D eigenvalue weighted by Gasteiger charge is -2.18. The Labute approximate surface area is 88.7 Å². The minimum Gasteiger partial charge on any atom is -0.391 e. The van der Waals surface area contributed by atoms with Crippen molar-refractivity contribution >= 4 is 6.21 Å². The van der Waals surface area contributed by atoms with Crippen LogP contribution in [0.4, 0.5) is 4.39 Å². The van der Waals surface area contributed by atoms with E-state index in [9.17, 15) is 4.39 Å². The van der Waals surface area contributed by atoms with Gasteiger partial charge >= 0.3 is 0 Å². The van der Waals surface area contributed by atoms with E-state index in [0.29, 0.717) is 11.5 Å². The van der Waals surface area contributed by atoms with Crippen molar-refractivity contribution in [1.29, 1.82) is 0 Å². The van der Waals surface area contributed by atoms with Gasteiger partial charge in [-0.3, -0.25) is 0 Å². The zero-order chi connectivity index (χ0) is 10.5.